The Labute approximate surface area is 385 Å². The van der Waals surface area contributed by atoms with E-state index in [1.807, 2.05) is 18.2 Å². The van der Waals surface area contributed by atoms with Gasteiger partial charge in [0.1, 0.15) is 12.0 Å². The summed E-state index contributed by atoms with van der Waals surface area (Å²) in [6.45, 7) is 2.18. The van der Waals surface area contributed by atoms with Gasteiger partial charge in [0.25, 0.3) is 0 Å². The quantitative estimate of drug-likeness (QED) is 0.147. The van der Waals surface area contributed by atoms with Crippen LogP contribution in [-0.4, -0.2) is 23.6 Å². The average molecular weight is 844 g/mol. The second kappa shape index (κ2) is 16.3. The molecule has 0 saturated carbocycles. The largest absolute Gasteiger partial charge is 0.333 e. The van der Waals surface area contributed by atoms with E-state index in [-0.39, 0.29) is 6.17 Å². The molecule has 1 unspecified atom stereocenters. The summed E-state index contributed by atoms with van der Waals surface area (Å²) in [5.41, 5.74) is 13.9. The maximum absolute atomic E-state index is 5.24. The van der Waals surface area contributed by atoms with E-state index in [2.05, 4.69) is 231 Å². The third-order valence-corrected chi connectivity index (χ3v) is 13.4. The minimum absolute atomic E-state index is 0.245. The van der Waals surface area contributed by atoms with Crippen molar-refractivity contribution in [2.75, 3.05) is 7.05 Å². The van der Waals surface area contributed by atoms with E-state index in [1.165, 1.54) is 87.6 Å². The minimum Gasteiger partial charge on any atom is -0.333 e. The maximum Gasteiger partial charge on any atom is 0.159 e. The Balaban J connectivity index is 0.902. The predicted octanol–water partition coefficient (Wildman–Crippen LogP) is 16.1. The fourth-order valence-corrected chi connectivity index (χ4v) is 10.00. The van der Waals surface area contributed by atoms with Gasteiger partial charge in [-0.15, -0.1) is 0 Å². The van der Waals surface area contributed by atoms with Gasteiger partial charge < -0.3 is 4.90 Å². The Bertz CT molecular complexity index is 3680. The maximum atomic E-state index is 5.24. The summed E-state index contributed by atoms with van der Waals surface area (Å²) < 4.78 is 0. The summed E-state index contributed by atoms with van der Waals surface area (Å²) in [7, 11) is 2.10. The molecular formula is C63H45N3. The summed E-state index contributed by atoms with van der Waals surface area (Å²) >= 11 is 0. The van der Waals surface area contributed by atoms with Crippen molar-refractivity contribution in [3.8, 4) is 44.5 Å². The van der Waals surface area contributed by atoms with E-state index in [1.54, 1.807) is 0 Å². The van der Waals surface area contributed by atoms with Crippen molar-refractivity contribution in [1.82, 2.24) is 4.90 Å². The predicted molar refractivity (Wildman–Crippen MR) is 279 cm³/mol. The van der Waals surface area contributed by atoms with Gasteiger partial charge in [0.05, 0.1) is 0 Å². The number of fused-ring (bicyclic) bond motifs is 7. The summed E-state index contributed by atoms with van der Waals surface area (Å²) in [5, 5.41) is 10.2. The number of hydrogen-bond donors (Lipinski definition) is 0. The van der Waals surface area contributed by atoms with Gasteiger partial charge in [-0.3, -0.25) is 0 Å². The molecule has 1 aliphatic rings. The number of rotatable bonds is 7. The Morgan fingerprint density at radius 3 is 1.61 bits per heavy atom. The first-order valence-electron chi connectivity index (χ1n) is 22.7. The van der Waals surface area contributed by atoms with Crippen molar-refractivity contribution in [1.29, 1.82) is 0 Å². The van der Waals surface area contributed by atoms with Crippen LogP contribution in [0.4, 0.5) is 0 Å². The van der Waals surface area contributed by atoms with Crippen LogP contribution in [0.5, 0.6) is 0 Å². The van der Waals surface area contributed by atoms with Crippen LogP contribution in [0, 0.1) is 6.92 Å². The molecule has 0 N–H and O–H groups in total. The third kappa shape index (κ3) is 6.93. The van der Waals surface area contributed by atoms with Crippen molar-refractivity contribution < 1.29 is 0 Å². The Kier molecular flexibility index (Phi) is 9.69. The van der Waals surface area contributed by atoms with Crippen LogP contribution in [-0.2, 0) is 0 Å². The van der Waals surface area contributed by atoms with Crippen LogP contribution < -0.4 is 0 Å². The van der Waals surface area contributed by atoms with Crippen LogP contribution in [0.1, 0.15) is 28.4 Å². The molecular weight excluding hydrogens is 799 g/mol. The van der Waals surface area contributed by atoms with Crippen molar-refractivity contribution >= 4 is 54.8 Å². The van der Waals surface area contributed by atoms with E-state index >= 15 is 0 Å². The molecule has 0 spiro atoms. The van der Waals surface area contributed by atoms with Crippen molar-refractivity contribution in [2.45, 2.75) is 13.1 Å². The van der Waals surface area contributed by atoms with E-state index < -0.39 is 0 Å². The van der Waals surface area contributed by atoms with Crippen molar-refractivity contribution in [3.63, 3.8) is 0 Å². The number of nitrogens with zero attached hydrogens (tertiary/aromatic N) is 3. The molecule has 3 heteroatoms. The fraction of sp³-hybridized carbons (Fsp3) is 0.0476. The summed E-state index contributed by atoms with van der Waals surface area (Å²) in [5.74, 6) is 1.61. The molecule has 11 aromatic carbocycles. The van der Waals surface area contributed by atoms with Crippen LogP contribution in [0.2, 0.25) is 0 Å². The van der Waals surface area contributed by atoms with Gasteiger partial charge in [-0.2, -0.15) is 0 Å². The molecule has 312 valence electrons. The SMILES string of the molecule is Cc1ccc2c(c1)c1ccccc1c1ccc(-c3ccc(-c4c(-c5ccc(C6=NC(c7ccccc7)=NC(c7ccc(-c8ccccc8)cc7)N6C)cc5)ccc5ccccc45)cc3)cc12. The zero-order valence-corrected chi connectivity index (χ0v) is 36.9. The average Bonchev–Trinajstić information content (AvgIpc) is 3.39. The Morgan fingerprint density at radius 1 is 0.364 bits per heavy atom. The molecule has 12 rings (SSSR count). The van der Waals surface area contributed by atoms with E-state index in [9.17, 15) is 0 Å². The van der Waals surface area contributed by atoms with E-state index in [0.717, 1.165) is 33.9 Å². The van der Waals surface area contributed by atoms with Crippen molar-refractivity contribution in [2.24, 2.45) is 9.98 Å². The first-order chi connectivity index (χ1) is 32.5. The molecule has 0 radical (unpaired) electrons. The number of benzene rings is 11. The van der Waals surface area contributed by atoms with Gasteiger partial charge in [-0.05, 0) is 106 Å². The van der Waals surface area contributed by atoms with Crippen LogP contribution in [0.3, 0.4) is 0 Å². The molecule has 0 bridgehead atoms. The first-order valence-corrected chi connectivity index (χ1v) is 22.7. The highest BCUT2D eigenvalue weighted by molar-refractivity contribution is 6.26. The Morgan fingerprint density at radius 2 is 0.864 bits per heavy atom. The van der Waals surface area contributed by atoms with Gasteiger partial charge in [-0.25, -0.2) is 9.98 Å². The van der Waals surface area contributed by atoms with Crippen LogP contribution in [0.15, 0.2) is 241 Å². The molecule has 0 amide bonds. The molecule has 0 fully saturated rings. The molecule has 1 heterocycles. The highest BCUT2D eigenvalue weighted by Gasteiger charge is 2.27. The number of hydrogen-bond acceptors (Lipinski definition) is 3. The minimum atomic E-state index is -0.245. The Hall–Kier alpha value is -8.40. The van der Waals surface area contributed by atoms with Crippen LogP contribution >= 0.6 is 0 Å². The number of aliphatic imine (C=N–C) groups is 2. The summed E-state index contributed by atoms with van der Waals surface area (Å²) in [6, 6.07) is 83.5. The van der Waals surface area contributed by atoms with Gasteiger partial charge in [0, 0.05) is 18.2 Å². The molecule has 1 atom stereocenters. The standard InChI is InChI=1S/C63H45N3/c1-41-21-36-57-58(39-41)55-20-12-11-19-54(55)56-38-35-51(40-59(56)57)44-22-28-47(29-23-44)60-52-18-10-9-15-45(52)34-37-53(60)46-26-32-50(33-27-46)63-65-61(48-16-7-4-8-17-48)64-62(66(63)2)49-30-24-43(25-31-49)42-13-5-3-6-14-42/h3-40,62H,1-2H3. The number of aryl methyl sites for hydroxylation is 1. The smallest absolute Gasteiger partial charge is 0.159 e. The molecule has 1 aliphatic heterocycles. The molecule has 11 aromatic rings. The summed E-state index contributed by atoms with van der Waals surface area (Å²) in [4.78, 5) is 12.7. The lowest BCUT2D eigenvalue weighted by Crippen LogP contribution is -2.35. The highest BCUT2D eigenvalue weighted by atomic mass is 15.3. The number of amidine groups is 2. The molecule has 0 aromatic heterocycles. The lowest BCUT2D eigenvalue weighted by Gasteiger charge is -2.32. The second-order valence-electron chi connectivity index (χ2n) is 17.4. The lowest BCUT2D eigenvalue weighted by atomic mass is 9.88. The van der Waals surface area contributed by atoms with Gasteiger partial charge in [-0.1, -0.05) is 230 Å². The van der Waals surface area contributed by atoms with Gasteiger partial charge in [0.15, 0.2) is 5.84 Å². The van der Waals surface area contributed by atoms with Crippen molar-refractivity contribution in [3.05, 3.63) is 253 Å². The lowest BCUT2D eigenvalue weighted by molar-refractivity contribution is 0.383. The van der Waals surface area contributed by atoms with E-state index in [4.69, 9.17) is 9.98 Å². The van der Waals surface area contributed by atoms with Gasteiger partial charge >= 0.3 is 0 Å². The van der Waals surface area contributed by atoms with Crippen LogP contribution in [0.25, 0.3) is 87.6 Å². The molecule has 66 heavy (non-hydrogen) atoms. The first kappa shape index (κ1) is 39.2. The molecule has 0 saturated heterocycles. The normalized spacial score (nSPS) is 13.9. The monoisotopic (exact) mass is 843 g/mol. The molecule has 0 aliphatic carbocycles. The van der Waals surface area contributed by atoms with E-state index in [0.29, 0.717) is 0 Å². The third-order valence-electron chi connectivity index (χ3n) is 13.4. The summed E-state index contributed by atoms with van der Waals surface area (Å²) in [6.07, 6.45) is -0.245. The zero-order valence-electron chi connectivity index (χ0n) is 36.9. The second-order valence-corrected chi connectivity index (χ2v) is 17.4. The highest BCUT2D eigenvalue weighted by Crippen LogP contribution is 2.41. The molecule has 3 nitrogen and oxygen atoms in total. The van der Waals surface area contributed by atoms with Gasteiger partial charge in [0.2, 0.25) is 0 Å². The zero-order chi connectivity index (χ0) is 44.1. The fourth-order valence-electron chi connectivity index (χ4n) is 10.00. The topological polar surface area (TPSA) is 28.0 Å².